The Labute approximate surface area is 155 Å². The summed E-state index contributed by atoms with van der Waals surface area (Å²) in [7, 11) is 1.28. The molecule has 0 spiro atoms. The summed E-state index contributed by atoms with van der Waals surface area (Å²) in [6, 6.07) is 11.3. The fourth-order valence-corrected chi connectivity index (χ4v) is 2.45. The molecule has 0 saturated carbocycles. The molecule has 1 atom stereocenters. The minimum Gasteiger partial charge on any atom is -0.481 e. The zero-order valence-corrected chi connectivity index (χ0v) is 15.2. The van der Waals surface area contributed by atoms with Crippen molar-refractivity contribution < 1.29 is 19.1 Å². The summed E-state index contributed by atoms with van der Waals surface area (Å²) in [5, 5.41) is 3.50. The van der Waals surface area contributed by atoms with Crippen molar-refractivity contribution in [3.63, 3.8) is 0 Å². The van der Waals surface area contributed by atoms with Gasteiger partial charge in [0.05, 0.1) is 23.4 Å². The Morgan fingerprint density at radius 1 is 1.16 bits per heavy atom. The number of rotatable bonds is 6. The molecule has 2 aromatic rings. The van der Waals surface area contributed by atoms with E-state index in [1.165, 1.54) is 25.3 Å². The summed E-state index contributed by atoms with van der Waals surface area (Å²) in [4.78, 5) is 24.1. The molecule has 2 aromatic carbocycles. The molecule has 0 heterocycles. The fraction of sp³-hybridized carbons (Fsp3) is 0.222. The third-order valence-electron chi connectivity index (χ3n) is 3.38. The van der Waals surface area contributed by atoms with Crippen LogP contribution in [-0.2, 0) is 9.53 Å². The van der Waals surface area contributed by atoms with Crippen LogP contribution in [0.2, 0.25) is 10.0 Å². The smallest absolute Gasteiger partial charge is 0.337 e. The maximum atomic E-state index is 12.5. The van der Waals surface area contributed by atoms with E-state index >= 15 is 0 Å². The quantitative estimate of drug-likeness (QED) is 0.743. The van der Waals surface area contributed by atoms with Gasteiger partial charge in [-0.1, -0.05) is 36.2 Å². The van der Waals surface area contributed by atoms with Crippen molar-refractivity contribution in [2.75, 3.05) is 12.4 Å². The fourth-order valence-electron chi connectivity index (χ4n) is 2.11. The van der Waals surface area contributed by atoms with E-state index in [9.17, 15) is 9.59 Å². The van der Waals surface area contributed by atoms with Crippen molar-refractivity contribution in [3.05, 3.63) is 58.1 Å². The summed E-state index contributed by atoms with van der Waals surface area (Å²) < 4.78 is 10.3. The minimum absolute atomic E-state index is 0.283. The summed E-state index contributed by atoms with van der Waals surface area (Å²) in [6.07, 6.45) is -0.302. The zero-order valence-electron chi connectivity index (χ0n) is 13.7. The minimum atomic E-state index is -0.740. The number of anilines is 1. The molecule has 0 unspecified atom stereocenters. The molecular formula is C18H17Cl2NO4. The molecule has 0 radical (unpaired) electrons. The van der Waals surface area contributed by atoms with Crippen LogP contribution in [0, 0.1) is 0 Å². The molecule has 25 heavy (non-hydrogen) atoms. The number of benzene rings is 2. The highest BCUT2D eigenvalue weighted by atomic mass is 35.5. The highest BCUT2D eigenvalue weighted by Gasteiger charge is 2.20. The molecule has 0 aromatic heterocycles. The number of carbonyl (C=O) groups excluding carboxylic acids is 2. The third-order valence-corrected chi connectivity index (χ3v) is 3.95. The van der Waals surface area contributed by atoms with Gasteiger partial charge in [-0.25, -0.2) is 4.79 Å². The lowest BCUT2D eigenvalue weighted by Gasteiger charge is -2.18. The second-order valence-corrected chi connectivity index (χ2v) is 5.99. The number of hydrogen-bond donors (Lipinski definition) is 1. The summed E-state index contributed by atoms with van der Waals surface area (Å²) >= 11 is 12.0. The predicted molar refractivity (Wildman–Crippen MR) is 97.6 cm³/mol. The van der Waals surface area contributed by atoms with E-state index in [4.69, 9.17) is 27.9 Å². The van der Waals surface area contributed by atoms with Gasteiger partial charge in [0.2, 0.25) is 0 Å². The highest BCUT2D eigenvalue weighted by molar-refractivity contribution is 6.34. The average Bonchev–Trinajstić information content (AvgIpc) is 2.60. The van der Waals surface area contributed by atoms with Crippen molar-refractivity contribution in [1.82, 2.24) is 0 Å². The molecule has 0 aliphatic carbocycles. The van der Waals surface area contributed by atoms with Crippen molar-refractivity contribution in [1.29, 1.82) is 0 Å². The van der Waals surface area contributed by atoms with Gasteiger partial charge in [-0.3, -0.25) is 4.79 Å². The standard InChI is InChI=1S/C18H17Cl2NO4/c1-3-16(25-13-6-4-5-12(19)10-13)17(22)21-15-9-11(18(23)24-2)7-8-14(15)20/h4-10,16H,3H2,1-2H3,(H,21,22)/t16-/m0/s1. The van der Waals surface area contributed by atoms with Gasteiger partial charge in [-0.15, -0.1) is 0 Å². The molecule has 0 fully saturated rings. The Morgan fingerprint density at radius 3 is 2.56 bits per heavy atom. The van der Waals surface area contributed by atoms with Crippen LogP contribution in [0.3, 0.4) is 0 Å². The summed E-state index contributed by atoms with van der Waals surface area (Å²) in [5.41, 5.74) is 0.591. The topological polar surface area (TPSA) is 64.6 Å². The second-order valence-electron chi connectivity index (χ2n) is 5.15. The maximum absolute atomic E-state index is 12.5. The van der Waals surface area contributed by atoms with Gasteiger partial charge in [0.1, 0.15) is 5.75 Å². The lowest BCUT2D eigenvalue weighted by molar-refractivity contribution is -0.122. The number of carbonyl (C=O) groups is 2. The largest absolute Gasteiger partial charge is 0.481 e. The SMILES string of the molecule is CC[C@H](Oc1cccc(Cl)c1)C(=O)Nc1cc(C(=O)OC)ccc1Cl. The Balaban J connectivity index is 2.15. The molecule has 0 aliphatic rings. The number of halogens is 2. The van der Waals surface area contributed by atoms with E-state index in [0.29, 0.717) is 27.9 Å². The Bertz CT molecular complexity index is 779. The van der Waals surface area contributed by atoms with E-state index in [2.05, 4.69) is 10.1 Å². The molecule has 0 aliphatic heterocycles. The Hall–Kier alpha value is -2.24. The van der Waals surface area contributed by atoms with Crippen molar-refractivity contribution in [2.45, 2.75) is 19.4 Å². The molecule has 7 heteroatoms. The van der Waals surface area contributed by atoms with Crippen LogP contribution in [0.4, 0.5) is 5.69 Å². The molecule has 1 N–H and O–H groups in total. The Morgan fingerprint density at radius 2 is 1.92 bits per heavy atom. The summed E-state index contributed by atoms with van der Waals surface area (Å²) in [5.74, 6) is -0.412. The second kappa shape index (κ2) is 8.74. The van der Waals surface area contributed by atoms with Crippen LogP contribution in [0.25, 0.3) is 0 Å². The maximum Gasteiger partial charge on any atom is 0.337 e. The number of ether oxygens (including phenoxy) is 2. The van der Waals surface area contributed by atoms with E-state index in [-0.39, 0.29) is 11.5 Å². The third kappa shape index (κ3) is 5.11. The number of esters is 1. The van der Waals surface area contributed by atoms with E-state index in [1.807, 2.05) is 6.92 Å². The van der Waals surface area contributed by atoms with Crippen LogP contribution in [0.15, 0.2) is 42.5 Å². The van der Waals surface area contributed by atoms with Crippen LogP contribution in [-0.4, -0.2) is 25.1 Å². The molecule has 5 nitrogen and oxygen atoms in total. The van der Waals surface area contributed by atoms with Crippen molar-refractivity contribution >= 4 is 40.8 Å². The molecular weight excluding hydrogens is 365 g/mol. The lowest BCUT2D eigenvalue weighted by atomic mass is 10.2. The zero-order chi connectivity index (χ0) is 18.4. The van der Waals surface area contributed by atoms with Crippen LogP contribution in [0.1, 0.15) is 23.7 Å². The van der Waals surface area contributed by atoms with Gasteiger partial charge in [0, 0.05) is 5.02 Å². The van der Waals surface area contributed by atoms with E-state index in [0.717, 1.165) is 0 Å². The first kappa shape index (κ1) is 19.1. The molecule has 0 bridgehead atoms. The molecule has 132 valence electrons. The number of methoxy groups -OCH3 is 1. The molecule has 2 rings (SSSR count). The number of amides is 1. The van der Waals surface area contributed by atoms with Crippen LogP contribution in [0.5, 0.6) is 5.75 Å². The monoisotopic (exact) mass is 381 g/mol. The first-order chi connectivity index (χ1) is 11.9. The van der Waals surface area contributed by atoms with Gasteiger partial charge >= 0.3 is 5.97 Å². The Kier molecular flexibility index (Phi) is 6.67. The van der Waals surface area contributed by atoms with Gasteiger partial charge in [0.15, 0.2) is 6.10 Å². The molecule has 0 saturated heterocycles. The van der Waals surface area contributed by atoms with Crippen LogP contribution >= 0.6 is 23.2 Å². The van der Waals surface area contributed by atoms with Gasteiger partial charge in [-0.05, 0) is 42.8 Å². The number of hydrogen-bond acceptors (Lipinski definition) is 4. The molecule has 1 amide bonds. The lowest BCUT2D eigenvalue weighted by Crippen LogP contribution is -2.32. The van der Waals surface area contributed by atoms with Gasteiger partial charge < -0.3 is 14.8 Å². The van der Waals surface area contributed by atoms with Crippen molar-refractivity contribution in [2.24, 2.45) is 0 Å². The normalized spacial score (nSPS) is 11.5. The van der Waals surface area contributed by atoms with Gasteiger partial charge in [0.25, 0.3) is 5.91 Å². The first-order valence-corrected chi connectivity index (χ1v) is 8.31. The van der Waals surface area contributed by atoms with Crippen LogP contribution < -0.4 is 10.1 Å². The predicted octanol–water partition coefficient (Wildman–Crippen LogP) is 4.58. The number of nitrogens with one attached hydrogen (secondary N) is 1. The highest BCUT2D eigenvalue weighted by Crippen LogP contribution is 2.25. The summed E-state index contributed by atoms with van der Waals surface area (Å²) in [6.45, 7) is 1.82. The van der Waals surface area contributed by atoms with E-state index < -0.39 is 12.1 Å². The first-order valence-electron chi connectivity index (χ1n) is 7.55. The van der Waals surface area contributed by atoms with Gasteiger partial charge in [-0.2, -0.15) is 0 Å². The van der Waals surface area contributed by atoms with E-state index in [1.54, 1.807) is 24.3 Å². The van der Waals surface area contributed by atoms with Crippen molar-refractivity contribution in [3.8, 4) is 5.75 Å². The average molecular weight is 382 g/mol.